The Kier molecular flexibility index (Phi) is 2.88. The summed E-state index contributed by atoms with van der Waals surface area (Å²) in [5.74, 6) is 0. The van der Waals surface area contributed by atoms with Gasteiger partial charge in [0.15, 0.2) is 0 Å². The minimum absolute atomic E-state index is 0.556. The number of likely N-dealkylation sites (N-methyl/N-ethyl adjacent to an activating group) is 1. The van der Waals surface area contributed by atoms with E-state index in [1.54, 1.807) is 11.3 Å². The molecule has 0 aliphatic heterocycles. The van der Waals surface area contributed by atoms with E-state index in [9.17, 15) is 0 Å². The summed E-state index contributed by atoms with van der Waals surface area (Å²) in [7, 11) is 0. The van der Waals surface area contributed by atoms with E-state index in [1.165, 1.54) is 17.7 Å². The molecule has 1 aliphatic rings. The second-order valence-corrected chi connectivity index (χ2v) is 5.41. The van der Waals surface area contributed by atoms with Crippen molar-refractivity contribution >= 4 is 11.3 Å². The first-order valence-electron chi connectivity index (χ1n) is 5.35. The number of nitrogens with one attached hydrogen (secondary N) is 1. The Hall–Kier alpha value is -0.410. The van der Waals surface area contributed by atoms with Crippen molar-refractivity contribution in [3.8, 4) is 0 Å². The fraction of sp³-hybridized carbons (Fsp3) is 0.727. The molecule has 0 radical (unpaired) electrons. The van der Waals surface area contributed by atoms with Gasteiger partial charge in [-0.2, -0.15) is 0 Å². The zero-order valence-corrected chi connectivity index (χ0v) is 9.73. The number of nitrogens with zero attached hydrogens (tertiary/aromatic N) is 1. The molecule has 2 nitrogen and oxygen atoms in total. The van der Waals surface area contributed by atoms with E-state index in [1.807, 2.05) is 11.7 Å². The smallest absolute Gasteiger partial charge is 0.0794 e. The Morgan fingerprint density at radius 2 is 2.43 bits per heavy atom. The predicted octanol–water partition coefficient (Wildman–Crippen LogP) is 2.46. The van der Waals surface area contributed by atoms with E-state index in [-0.39, 0.29) is 0 Å². The van der Waals surface area contributed by atoms with Crippen molar-refractivity contribution in [3.63, 3.8) is 0 Å². The molecule has 0 spiro atoms. The molecule has 1 saturated carbocycles. The van der Waals surface area contributed by atoms with Crippen molar-refractivity contribution in [1.82, 2.24) is 10.3 Å². The standard InChI is InChI=1S/C11H18N2S/c1-3-13-10(11(2)4-5-11)6-9-7-12-8-14-9/h7-8,10,13H,3-6H2,1-2H3. The van der Waals surface area contributed by atoms with Crippen LogP contribution in [0.1, 0.15) is 31.6 Å². The fourth-order valence-electron chi connectivity index (χ4n) is 1.90. The van der Waals surface area contributed by atoms with E-state index < -0.39 is 0 Å². The van der Waals surface area contributed by atoms with Crippen molar-refractivity contribution in [2.45, 2.75) is 39.2 Å². The Morgan fingerprint density at radius 3 is 2.93 bits per heavy atom. The van der Waals surface area contributed by atoms with Crippen LogP contribution in [0.4, 0.5) is 0 Å². The predicted molar refractivity (Wildman–Crippen MR) is 60.6 cm³/mol. The summed E-state index contributed by atoms with van der Waals surface area (Å²) >= 11 is 1.77. The summed E-state index contributed by atoms with van der Waals surface area (Å²) in [6.45, 7) is 5.64. The first-order valence-corrected chi connectivity index (χ1v) is 6.23. The van der Waals surface area contributed by atoms with Crippen molar-refractivity contribution < 1.29 is 0 Å². The maximum atomic E-state index is 4.13. The van der Waals surface area contributed by atoms with Crippen LogP contribution in [0.2, 0.25) is 0 Å². The normalized spacial score (nSPS) is 20.7. The molecule has 0 saturated heterocycles. The molecule has 1 aromatic rings. The quantitative estimate of drug-likeness (QED) is 0.807. The highest BCUT2D eigenvalue weighted by molar-refractivity contribution is 7.09. The molecule has 14 heavy (non-hydrogen) atoms. The molecule has 1 fully saturated rings. The van der Waals surface area contributed by atoms with E-state index in [0.29, 0.717) is 11.5 Å². The molecule has 0 aromatic carbocycles. The van der Waals surface area contributed by atoms with Crippen molar-refractivity contribution in [1.29, 1.82) is 0 Å². The number of thiazole rings is 1. The Labute approximate surface area is 89.8 Å². The molecule has 2 rings (SSSR count). The highest BCUT2D eigenvalue weighted by Gasteiger charge is 2.44. The van der Waals surface area contributed by atoms with Gasteiger partial charge in [-0.1, -0.05) is 13.8 Å². The van der Waals surface area contributed by atoms with Gasteiger partial charge in [0.05, 0.1) is 5.51 Å². The third-order valence-electron chi connectivity index (χ3n) is 3.22. The molecule has 1 aromatic heterocycles. The topological polar surface area (TPSA) is 24.9 Å². The van der Waals surface area contributed by atoms with Crippen LogP contribution < -0.4 is 5.32 Å². The van der Waals surface area contributed by atoms with Crippen LogP contribution in [0.15, 0.2) is 11.7 Å². The van der Waals surface area contributed by atoms with E-state index in [0.717, 1.165) is 13.0 Å². The lowest BCUT2D eigenvalue weighted by Crippen LogP contribution is -2.37. The Morgan fingerprint density at radius 1 is 1.64 bits per heavy atom. The van der Waals surface area contributed by atoms with Crippen LogP contribution in [-0.2, 0) is 6.42 Å². The van der Waals surface area contributed by atoms with Gasteiger partial charge in [0.25, 0.3) is 0 Å². The number of aromatic nitrogens is 1. The molecule has 1 N–H and O–H groups in total. The van der Waals surface area contributed by atoms with Crippen LogP contribution in [-0.4, -0.2) is 17.6 Å². The van der Waals surface area contributed by atoms with Gasteiger partial charge < -0.3 is 5.32 Å². The lowest BCUT2D eigenvalue weighted by molar-refractivity contribution is 0.362. The van der Waals surface area contributed by atoms with Crippen LogP contribution >= 0.6 is 11.3 Å². The summed E-state index contributed by atoms with van der Waals surface area (Å²) < 4.78 is 0. The average molecular weight is 210 g/mol. The van der Waals surface area contributed by atoms with E-state index >= 15 is 0 Å². The molecule has 3 heteroatoms. The zero-order chi connectivity index (χ0) is 10.0. The second kappa shape index (κ2) is 3.99. The van der Waals surface area contributed by atoms with E-state index in [4.69, 9.17) is 0 Å². The first kappa shape index (κ1) is 10.1. The Bertz CT molecular complexity index is 277. The molecule has 78 valence electrons. The molecule has 1 atom stereocenters. The molecule has 0 bridgehead atoms. The molecule has 0 amide bonds. The molecular formula is C11H18N2S. The lowest BCUT2D eigenvalue weighted by Gasteiger charge is -2.23. The molecular weight excluding hydrogens is 192 g/mol. The van der Waals surface area contributed by atoms with Crippen molar-refractivity contribution in [3.05, 3.63) is 16.6 Å². The van der Waals surface area contributed by atoms with Gasteiger partial charge in [-0.15, -0.1) is 11.3 Å². The Balaban J connectivity index is 1.97. The van der Waals surface area contributed by atoms with Crippen LogP contribution in [0.5, 0.6) is 0 Å². The summed E-state index contributed by atoms with van der Waals surface area (Å²) in [4.78, 5) is 5.54. The number of hydrogen-bond acceptors (Lipinski definition) is 3. The highest BCUT2D eigenvalue weighted by Crippen LogP contribution is 2.49. The number of rotatable bonds is 5. The highest BCUT2D eigenvalue weighted by atomic mass is 32.1. The van der Waals surface area contributed by atoms with Crippen molar-refractivity contribution in [2.24, 2.45) is 5.41 Å². The summed E-state index contributed by atoms with van der Waals surface area (Å²) in [6, 6.07) is 0.646. The van der Waals surface area contributed by atoms with Gasteiger partial charge >= 0.3 is 0 Å². The van der Waals surface area contributed by atoms with Gasteiger partial charge in [0.2, 0.25) is 0 Å². The van der Waals surface area contributed by atoms with E-state index in [2.05, 4.69) is 24.1 Å². The van der Waals surface area contributed by atoms with Gasteiger partial charge in [-0.05, 0) is 31.2 Å². The number of hydrogen-bond donors (Lipinski definition) is 1. The maximum absolute atomic E-state index is 4.13. The van der Waals surface area contributed by atoms with Crippen molar-refractivity contribution in [2.75, 3.05) is 6.54 Å². The van der Waals surface area contributed by atoms with Crippen LogP contribution in [0, 0.1) is 5.41 Å². The second-order valence-electron chi connectivity index (χ2n) is 4.44. The minimum atomic E-state index is 0.556. The zero-order valence-electron chi connectivity index (χ0n) is 8.92. The molecule has 1 aliphatic carbocycles. The average Bonchev–Trinajstić information content (AvgIpc) is 2.73. The monoisotopic (exact) mass is 210 g/mol. The van der Waals surface area contributed by atoms with Gasteiger partial charge in [0.1, 0.15) is 0 Å². The summed E-state index contributed by atoms with van der Waals surface area (Å²) in [5, 5.41) is 3.60. The largest absolute Gasteiger partial charge is 0.313 e. The maximum Gasteiger partial charge on any atom is 0.0794 e. The SMILES string of the molecule is CCNC(Cc1cncs1)C1(C)CC1. The first-order chi connectivity index (χ1) is 6.74. The van der Waals surface area contributed by atoms with Gasteiger partial charge in [0, 0.05) is 17.1 Å². The van der Waals surface area contributed by atoms with Gasteiger partial charge in [-0.3, -0.25) is 4.98 Å². The third-order valence-corrected chi connectivity index (χ3v) is 4.02. The van der Waals surface area contributed by atoms with Crippen LogP contribution in [0.25, 0.3) is 0 Å². The van der Waals surface area contributed by atoms with Crippen LogP contribution in [0.3, 0.4) is 0 Å². The summed E-state index contributed by atoms with van der Waals surface area (Å²) in [6.07, 6.45) is 5.91. The van der Waals surface area contributed by atoms with Gasteiger partial charge in [-0.25, -0.2) is 0 Å². The minimum Gasteiger partial charge on any atom is -0.313 e. The lowest BCUT2D eigenvalue weighted by atomic mass is 9.95. The fourth-order valence-corrected chi connectivity index (χ4v) is 2.54. The molecule has 1 heterocycles. The summed E-state index contributed by atoms with van der Waals surface area (Å²) in [5.41, 5.74) is 2.48. The molecule has 1 unspecified atom stereocenters. The third kappa shape index (κ3) is 2.15.